The van der Waals surface area contributed by atoms with Gasteiger partial charge >= 0.3 is 5.97 Å². The van der Waals surface area contributed by atoms with Crippen molar-refractivity contribution >= 4 is 18.0 Å². The molecule has 3 rings (SSSR count). The van der Waals surface area contributed by atoms with E-state index in [1.165, 1.54) is 5.56 Å². The molecule has 0 aromatic heterocycles. The van der Waals surface area contributed by atoms with E-state index in [4.69, 9.17) is 4.74 Å². The number of aliphatic imine (C=N–C) groups is 1. The molecule has 4 nitrogen and oxygen atoms in total. The number of ether oxygens (including phenoxy) is 1. The Kier molecular flexibility index (Phi) is 7.02. The van der Waals surface area contributed by atoms with E-state index >= 15 is 0 Å². The van der Waals surface area contributed by atoms with Crippen molar-refractivity contribution in [2.45, 2.75) is 27.4 Å². The fourth-order valence-corrected chi connectivity index (χ4v) is 3.05. The molecule has 0 saturated heterocycles. The Balaban J connectivity index is 1.66. The zero-order valence-corrected chi connectivity index (χ0v) is 18.1. The molecule has 0 fully saturated rings. The summed E-state index contributed by atoms with van der Waals surface area (Å²) in [4.78, 5) is 19.1. The number of aryl methyl sites for hydroxylation is 2. The molecular formula is C26H28N2O2. The SMILES string of the molecule is CCN(C)/C=N/c1cc(C)c(C(=O)OCc2ccc(-c3ccccc3)cc2)cc1C. The average Bonchev–Trinajstić information content (AvgIpc) is 2.78. The molecule has 0 atom stereocenters. The zero-order chi connectivity index (χ0) is 21.5. The van der Waals surface area contributed by atoms with Crippen LogP contribution in [0.4, 0.5) is 5.69 Å². The molecule has 0 aliphatic heterocycles. The topological polar surface area (TPSA) is 41.9 Å². The molecule has 0 radical (unpaired) electrons. The molecule has 3 aromatic rings. The monoisotopic (exact) mass is 400 g/mol. The van der Waals surface area contributed by atoms with Gasteiger partial charge in [-0.05, 0) is 60.7 Å². The van der Waals surface area contributed by atoms with Gasteiger partial charge in [-0.25, -0.2) is 9.79 Å². The summed E-state index contributed by atoms with van der Waals surface area (Å²) in [5.74, 6) is -0.316. The summed E-state index contributed by atoms with van der Waals surface area (Å²) >= 11 is 0. The Bertz CT molecular complexity index is 1020. The van der Waals surface area contributed by atoms with Crippen LogP contribution in [-0.4, -0.2) is 30.8 Å². The van der Waals surface area contributed by atoms with Crippen molar-refractivity contribution in [1.82, 2.24) is 4.90 Å². The number of hydrogen-bond acceptors (Lipinski definition) is 3. The smallest absolute Gasteiger partial charge is 0.338 e. The van der Waals surface area contributed by atoms with Crippen LogP contribution in [0.3, 0.4) is 0 Å². The Labute approximate surface area is 178 Å². The van der Waals surface area contributed by atoms with Crippen LogP contribution in [-0.2, 0) is 11.3 Å². The highest BCUT2D eigenvalue weighted by Crippen LogP contribution is 2.24. The van der Waals surface area contributed by atoms with Crippen molar-refractivity contribution in [3.05, 3.63) is 89.0 Å². The van der Waals surface area contributed by atoms with Crippen LogP contribution in [0.1, 0.15) is 34.0 Å². The van der Waals surface area contributed by atoms with Gasteiger partial charge in [-0.15, -0.1) is 0 Å². The zero-order valence-electron chi connectivity index (χ0n) is 18.1. The van der Waals surface area contributed by atoms with Crippen LogP contribution in [0.5, 0.6) is 0 Å². The summed E-state index contributed by atoms with van der Waals surface area (Å²) in [6.07, 6.45) is 1.80. The van der Waals surface area contributed by atoms with Crippen molar-refractivity contribution in [2.75, 3.05) is 13.6 Å². The van der Waals surface area contributed by atoms with Crippen molar-refractivity contribution in [3.63, 3.8) is 0 Å². The second-order valence-corrected chi connectivity index (χ2v) is 7.41. The van der Waals surface area contributed by atoms with E-state index < -0.39 is 0 Å². The van der Waals surface area contributed by atoms with Gasteiger partial charge in [-0.1, -0.05) is 54.6 Å². The van der Waals surface area contributed by atoms with E-state index in [-0.39, 0.29) is 12.6 Å². The Hall–Kier alpha value is -3.40. The van der Waals surface area contributed by atoms with E-state index in [2.05, 4.69) is 24.0 Å². The summed E-state index contributed by atoms with van der Waals surface area (Å²) < 4.78 is 5.57. The maximum atomic E-state index is 12.6. The Morgan fingerprint density at radius 3 is 2.30 bits per heavy atom. The molecule has 0 spiro atoms. The number of carbonyl (C=O) groups is 1. The van der Waals surface area contributed by atoms with Crippen LogP contribution in [0, 0.1) is 13.8 Å². The lowest BCUT2D eigenvalue weighted by atomic mass is 10.0. The van der Waals surface area contributed by atoms with Gasteiger partial charge in [-0.3, -0.25) is 0 Å². The van der Waals surface area contributed by atoms with Gasteiger partial charge in [0, 0.05) is 13.6 Å². The Morgan fingerprint density at radius 1 is 0.967 bits per heavy atom. The number of nitrogens with zero attached hydrogens (tertiary/aromatic N) is 2. The largest absolute Gasteiger partial charge is 0.457 e. The van der Waals surface area contributed by atoms with Crippen LogP contribution < -0.4 is 0 Å². The molecule has 3 aromatic carbocycles. The first kappa shape index (κ1) is 21.3. The fourth-order valence-electron chi connectivity index (χ4n) is 3.05. The predicted octanol–water partition coefficient (Wildman–Crippen LogP) is 5.94. The van der Waals surface area contributed by atoms with Crippen molar-refractivity contribution < 1.29 is 9.53 Å². The van der Waals surface area contributed by atoms with Gasteiger partial charge in [0.05, 0.1) is 17.6 Å². The van der Waals surface area contributed by atoms with Gasteiger partial charge in [0.1, 0.15) is 6.61 Å². The van der Waals surface area contributed by atoms with E-state index in [1.807, 2.05) is 80.4 Å². The molecule has 0 aliphatic carbocycles. The van der Waals surface area contributed by atoms with Gasteiger partial charge in [0.15, 0.2) is 0 Å². The quantitative estimate of drug-likeness (QED) is 0.280. The lowest BCUT2D eigenvalue weighted by Crippen LogP contribution is -2.14. The minimum atomic E-state index is -0.316. The summed E-state index contributed by atoms with van der Waals surface area (Å²) in [5, 5.41) is 0. The maximum absolute atomic E-state index is 12.6. The summed E-state index contributed by atoms with van der Waals surface area (Å²) in [6.45, 7) is 7.06. The van der Waals surface area contributed by atoms with Gasteiger partial charge in [-0.2, -0.15) is 0 Å². The molecular weight excluding hydrogens is 372 g/mol. The molecule has 0 aliphatic rings. The molecule has 0 bridgehead atoms. The molecule has 0 saturated carbocycles. The molecule has 0 heterocycles. The van der Waals surface area contributed by atoms with Gasteiger partial charge < -0.3 is 9.64 Å². The van der Waals surface area contributed by atoms with E-state index in [0.717, 1.165) is 34.5 Å². The molecule has 4 heteroatoms. The Morgan fingerprint density at radius 2 is 1.63 bits per heavy atom. The standard InChI is InChI=1S/C26H28N2O2/c1-5-28(4)18-27-25-16-19(2)24(15-20(25)3)26(29)30-17-21-11-13-23(14-12-21)22-9-7-6-8-10-22/h6-16,18H,5,17H2,1-4H3/b27-18+. The predicted molar refractivity (Wildman–Crippen MR) is 123 cm³/mol. The van der Waals surface area contributed by atoms with Crippen molar-refractivity contribution in [1.29, 1.82) is 0 Å². The lowest BCUT2D eigenvalue weighted by molar-refractivity contribution is 0.0472. The third-order valence-electron chi connectivity index (χ3n) is 5.09. The molecule has 0 unspecified atom stereocenters. The number of benzene rings is 3. The minimum absolute atomic E-state index is 0.244. The number of carbonyl (C=O) groups excluding carboxylic acids is 1. The lowest BCUT2D eigenvalue weighted by Gasteiger charge is -2.12. The summed E-state index contributed by atoms with van der Waals surface area (Å²) in [6, 6.07) is 22.1. The normalized spacial score (nSPS) is 10.9. The maximum Gasteiger partial charge on any atom is 0.338 e. The van der Waals surface area contributed by atoms with Gasteiger partial charge in [0.25, 0.3) is 0 Å². The first-order valence-electron chi connectivity index (χ1n) is 10.1. The number of rotatable bonds is 7. The third kappa shape index (κ3) is 5.35. The highest BCUT2D eigenvalue weighted by atomic mass is 16.5. The molecule has 154 valence electrons. The van der Waals surface area contributed by atoms with Crippen LogP contribution in [0.25, 0.3) is 11.1 Å². The summed E-state index contributed by atoms with van der Waals surface area (Å²) in [5.41, 5.74) is 6.51. The van der Waals surface area contributed by atoms with E-state index in [1.54, 1.807) is 6.34 Å². The van der Waals surface area contributed by atoms with Crippen LogP contribution in [0.15, 0.2) is 71.7 Å². The van der Waals surface area contributed by atoms with Gasteiger partial charge in [0.2, 0.25) is 0 Å². The minimum Gasteiger partial charge on any atom is -0.457 e. The molecule has 0 amide bonds. The highest BCUT2D eigenvalue weighted by Gasteiger charge is 2.13. The first-order valence-corrected chi connectivity index (χ1v) is 10.1. The first-order chi connectivity index (χ1) is 14.5. The fraction of sp³-hybridized carbons (Fsp3) is 0.231. The summed E-state index contributed by atoms with van der Waals surface area (Å²) in [7, 11) is 1.98. The number of esters is 1. The van der Waals surface area contributed by atoms with E-state index in [0.29, 0.717) is 5.56 Å². The third-order valence-corrected chi connectivity index (χ3v) is 5.09. The molecule has 0 N–H and O–H groups in total. The van der Waals surface area contributed by atoms with Crippen molar-refractivity contribution in [3.8, 4) is 11.1 Å². The highest BCUT2D eigenvalue weighted by molar-refractivity contribution is 5.92. The number of hydrogen-bond donors (Lipinski definition) is 0. The van der Waals surface area contributed by atoms with Crippen LogP contribution in [0.2, 0.25) is 0 Å². The van der Waals surface area contributed by atoms with Crippen LogP contribution >= 0.6 is 0 Å². The van der Waals surface area contributed by atoms with Crippen molar-refractivity contribution in [2.24, 2.45) is 4.99 Å². The second-order valence-electron chi connectivity index (χ2n) is 7.41. The molecule has 30 heavy (non-hydrogen) atoms. The average molecular weight is 401 g/mol. The van der Waals surface area contributed by atoms with E-state index in [9.17, 15) is 4.79 Å². The second kappa shape index (κ2) is 9.88.